The second kappa shape index (κ2) is 9.35. The number of aliphatic hydroxyl groups is 1. The number of aromatic nitrogens is 3. The van der Waals surface area contributed by atoms with Gasteiger partial charge in [-0.3, -0.25) is 9.78 Å². The van der Waals surface area contributed by atoms with Crippen LogP contribution < -0.4 is 5.73 Å². The van der Waals surface area contributed by atoms with Gasteiger partial charge in [0.1, 0.15) is 5.60 Å². The summed E-state index contributed by atoms with van der Waals surface area (Å²) in [7, 11) is 1.95. The lowest BCUT2D eigenvalue weighted by atomic mass is 9.53. The van der Waals surface area contributed by atoms with Crippen molar-refractivity contribution in [1.29, 1.82) is 0 Å². The van der Waals surface area contributed by atoms with Crippen LogP contribution in [0.5, 0.6) is 0 Å². The molecule has 1 aromatic carbocycles. The maximum atomic E-state index is 13.0. The van der Waals surface area contributed by atoms with Gasteiger partial charge in [-0.05, 0) is 62.8 Å². The molecule has 0 radical (unpaired) electrons. The van der Waals surface area contributed by atoms with Crippen LogP contribution in [0.4, 0.5) is 13.2 Å². The van der Waals surface area contributed by atoms with E-state index in [4.69, 9.17) is 15.2 Å². The van der Waals surface area contributed by atoms with Crippen molar-refractivity contribution >= 4 is 5.91 Å². The predicted octanol–water partition coefficient (Wildman–Crippen LogP) is 4.50. The van der Waals surface area contributed by atoms with Crippen molar-refractivity contribution < 1.29 is 27.6 Å². The zero-order chi connectivity index (χ0) is 29.3. The maximum Gasteiger partial charge on any atom is 0.393 e. The van der Waals surface area contributed by atoms with Gasteiger partial charge in [-0.2, -0.15) is 18.2 Å². The summed E-state index contributed by atoms with van der Waals surface area (Å²) in [5.74, 6) is 0.660. The molecule has 41 heavy (non-hydrogen) atoms. The Morgan fingerprint density at radius 2 is 1.68 bits per heavy atom. The van der Waals surface area contributed by atoms with Crippen LogP contribution in [-0.4, -0.2) is 57.4 Å². The molecule has 3 heterocycles. The molecular weight excluding hydrogens is 535 g/mol. The molecule has 0 spiro atoms. The van der Waals surface area contributed by atoms with Gasteiger partial charge in [0, 0.05) is 52.9 Å². The summed E-state index contributed by atoms with van der Waals surface area (Å²) >= 11 is 0. The predicted molar refractivity (Wildman–Crippen MR) is 143 cm³/mol. The van der Waals surface area contributed by atoms with Crippen molar-refractivity contribution in [2.75, 3.05) is 20.1 Å². The number of pyridine rings is 1. The monoisotopic (exact) mass is 569 g/mol. The number of alkyl halides is 3. The van der Waals surface area contributed by atoms with Gasteiger partial charge in [0.2, 0.25) is 17.6 Å². The van der Waals surface area contributed by atoms with E-state index in [1.165, 1.54) is 12.1 Å². The second-order valence-electron chi connectivity index (χ2n) is 12.7. The van der Waals surface area contributed by atoms with E-state index >= 15 is 0 Å². The van der Waals surface area contributed by atoms with Crippen molar-refractivity contribution in [2.45, 2.75) is 69.1 Å². The number of rotatable bonds is 7. The van der Waals surface area contributed by atoms with Gasteiger partial charge >= 0.3 is 6.18 Å². The van der Waals surface area contributed by atoms with Crippen LogP contribution in [-0.2, 0) is 22.2 Å². The molecule has 3 N–H and O–H groups in total. The van der Waals surface area contributed by atoms with Gasteiger partial charge in [0.15, 0.2) is 0 Å². The van der Waals surface area contributed by atoms with E-state index in [1.54, 1.807) is 30.6 Å². The molecule has 4 aliphatic rings. The summed E-state index contributed by atoms with van der Waals surface area (Å²) < 4.78 is 44.7. The SMILES string of the molecule is CN1CC(C)(C(O)(c2ccc(CC(F)(F)F)cc2)c2cncc(-c3noc(C45CCC(C(N)=O)(CC4)CC5)n3)c2)C1. The molecule has 1 unspecified atom stereocenters. The smallest absolute Gasteiger partial charge is 0.380 e. The molecular formula is C30H34F3N5O3. The van der Waals surface area contributed by atoms with Crippen LogP contribution in [0.15, 0.2) is 47.2 Å². The Morgan fingerprint density at radius 3 is 2.24 bits per heavy atom. The van der Waals surface area contributed by atoms with E-state index < -0.39 is 29.0 Å². The molecule has 2 bridgehead atoms. The Bertz CT molecular complexity index is 1440. The van der Waals surface area contributed by atoms with Crippen LogP contribution in [0.3, 0.4) is 0 Å². The fourth-order valence-corrected chi connectivity index (χ4v) is 7.53. The van der Waals surface area contributed by atoms with E-state index in [1.807, 2.05) is 14.0 Å². The topological polar surface area (TPSA) is 118 Å². The summed E-state index contributed by atoms with van der Waals surface area (Å²) in [5.41, 5.74) is 4.54. The molecule has 1 atom stereocenters. The van der Waals surface area contributed by atoms with E-state index in [2.05, 4.69) is 15.0 Å². The molecule has 2 aromatic heterocycles. The lowest BCUT2D eigenvalue weighted by molar-refractivity contribution is -0.134. The summed E-state index contributed by atoms with van der Waals surface area (Å²) in [6, 6.07) is 7.76. The number of hydrogen-bond donors (Lipinski definition) is 2. The zero-order valence-electron chi connectivity index (χ0n) is 23.2. The number of carbonyl (C=O) groups excluding carboxylic acids is 1. The molecule has 1 saturated heterocycles. The molecule has 3 saturated carbocycles. The third-order valence-corrected chi connectivity index (χ3v) is 9.95. The highest BCUT2D eigenvalue weighted by Crippen LogP contribution is 2.57. The third-order valence-electron chi connectivity index (χ3n) is 9.95. The van der Waals surface area contributed by atoms with Crippen molar-refractivity contribution in [3.05, 3.63) is 65.3 Å². The van der Waals surface area contributed by atoms with Crippen LogP contribution in [0, 0.1) is 10.8 Å². The lowest BCUT2D eigenvalue weighted by Crippen LogP contribution is -2.63. The summed E-state index contributed by atoms with van der Waals surface area (Å²) in [5, 5.41) is 16.7. The number of primary amides is 1. The Morgan fingerprint density at radius 1 is 1.05 bits per heavy atom. The van der Waals surface area contributed by atoms with Crippen molar-refractivity contribution in [2.24, 2.45) is 16.6 Å². The largest absolute Gasteiger partial charge is 0.393 e. The summed E-state index contributed by atoms with van der Waals surface area (Å²) in [6.45, 7) is 3.13. The molecule has 3 aliphatic carbocycles. The lowest BCUT2D eigenvalue weighted by Gasteiger charge is -2.55. The van der Waals surface area contributed by atoms with E-state index in [0.29, 0.717) is 60.8 Å². The number of amides is 1. The molecule has 11 heteroatoms. The van der Waals surface area contributed by atoms with Gasteiger partial charge in [0.25, 0.3) is 0 Å². The van der Waals surface area contributed by atoms with Gasteiger partial charge < -0.3 is 20.3 Å². The standard InChI is InChI=1S/C30H34F3N5O3/c1-26(17-38(2)18-26)30(40,21-5-3-19(4-6-21)14-29(31,32)33)22-13-20(15-35-16-22)23-36-25(41-37-23)28-10-7-27(8-11-28,9-12-28)24(34)39/h3-6,13,15-16,40H,7-12,14,17-18H2,1-2H3,(H2,34,39). The average Bonchev–Trinajstić information content (AvgIpc) is 3.44. The van der Waals surface area contributed by atoms with Crippen LogP contribution in [0.2, 0.25) is 0 Å². The van der Waals surface area contributed by atoms with Gasteiger partial charge in [-0.1, -0.05) is 36.3 Å². The Kier molecular flexibility index (Phi) is 6.35. The first-order chi connectivity index (χ1) is 19.3. The van der Waals surface area contributed by atoms with Crippen LogP contribution in [0.25, 0.3) is 11.4 Å². The van der Waals surface area contributed by atoms with Crippen molar-refractivity contribution in [3.8, 4) is 11.4 Å². The maximum absolute atomic E-state index is 13.0. The first kappa shape index (κ1) is 27.8. The Hall–Kier alpha value is -3.31. The highest BCUT2D eigenvalue weighted by molar-refractivity contribution is 5.81. The molecule has 8 nitrogen and oxygen atoms in total. The Labute approximate surface area is 236 Å². The third kappa shape index (κ3) is 4.53. The number of fused-ring (bicyclic) bond motifs is 3. The summed E-state index contributed by atoms with van der Waals surface area (Å²) in [6.07, 6.45) is 2.23. The molecule has 4 fully saturated rings. The minimum Gasteiger partial charge on any atom is -0.380 e. The molecule has 1 aliphatic heterocycles. The van der Waals surface area contributed by atoms with Crippen molar-refractivity contribution in [1.82, 2.24) is 20.0 Å². The van der Waals surface area contributed by atoms with Crippen LogP contribution >= 0.6 is 0 Å². The number of likely N-dealkylation sites (tertiary alicyclic amines) is 1. The Balaban J connectivity index is 1.33. The molecule has 3 aromatic rings. The van der Waals surface area contributed by atoms with Crippen LogP contribution in [0.1, 0.15) is 68.0 Å². The fraction of sp³-hybridized carbons (Fsp3) is 0.533. The number of carbonyl (C=O) groups is 1. The highest BCUT2D eigenvalue weighted by atomic mass is 19.4. The normalized spacial score (nSPS) is 27.3. The summed E-state index contributed by atoms with van der Waals surface area (Å²) in [4.78, 5) is 23.3. The second-order valence-corrected chi connectivity index (χ2v) is 12.7. The highest BCUT2D eigenvalue weighted by Gasteiger charge is 2.56. The number of benzene rings is 1. The molecule has 7 rings (SSSR count). The minimum atomic E-state index is -4.32. The quantitative estimate of drug-likeness (QED) is 0.430. The minimum absolute atomic E-state index is 0.128. The first-order valence-electron chi connectivity index (χ1n) is 13.9. The van der Waals surface area contributed by atoms with E-state index in [9.17, 15) is 23.1 Å². The van der Waals surface area contributed by atoms with E-state index in [-0.39, 0.29) is 16.9 Å². The molecule has 1 amide bonds. The van der Waals surface area contributed by atoms with Crippen molar-refractivity contribution in [3.63, 3.8) is 0 Å². The average molecular weight is 570 g/mol. The molecule has 218 valence electrons. The number of nitrogens with two attached hydrogens (primary N) is 1. The van der Waals surface area contributed by atoms with Gasteiger partial charge in [-0.25, -0.2) is 0 Å². The van der Waals surface area contributed by atoms with Gasteiger partial charge in [-0.15, -0.1) is 0 Å². The number of halogens is 3. The number of hydrogen-bond acceptors (Lipinski definition) is 7. The van der Waals surface area contributed by atoms with Gasteiger partial charge in [0.05, 0.1) is 6.42 Å². The fourth-order valence-electron chi connectivity index (χ4n) is 7.53. The zero-order valence-corrected chi connectivity index (χ0v) is 23.2. The van der Waals surface area contributed by atoms with E-state index in [0.717, 1.165) is 19.3 Å². The number of nitrogens with zero attached hydrogens (tertiary/aromatic N) is 4. The first-order valence-corrected chi connectivity index (χ1v) is 13.9.